The predicted octanol–water partition coefficient (Wildman–Crippen LogP) is 5.97. The highest BCUT2D eigenvalue weighted by Crippen LogP contribution is 2.43. The molecule has 3 aromatic carbocycles. The first-order valence-electron chi connectivity index (χ1n) is 12.0. The third-order valence-corrected chi connectivity index (χ3v) is 6.17. The van der Waals surface area contributed by atoms with E-state index in [9.17, 15) is 14.7 Å². The predicted molar refractivity (Wildman–Crippen MR) is 140 cm³/mol. The quantitative estimate of drug-likeness (QED) is 0.253. The summed E-state index contributed by atoms with van der Waals surface area (Å²) in [5.74, 6) is 0.0963. The van der Waals surface area contributed by atoms with Crippen LogP contribution in [0.5, 0.6) is 11.5 Å². The smallest absolute Gasteiger partial charge is 0.300 e. The maximum absolute atomic E-state index is 13.4. The molecule has 1 amide bonds. The van der Waals surface area contributed by atoms with E-state index in [1.807, 2.05) is 38.1 Å². The first-order chi connectivity index (χ1) is 17.2. The SMILES string of the molecule is COc1ccc(/C(O)=C2/C(=O)C(=O)N(c3ccc(OCC(C)C)cc3)C2c2cccc(C)c2)cc1C. The van der Waals surface area contributed by atoms with Gasteiger partial charge in [0.15, 0.2) is 0 Å². The molecule has 3 aromatic rings. The van der Waals surface area contributed by atoms with Crippen LogP contribution >= 0.6 is 0 Å². The number of anilines is 1. The number of rotatable bonds is 7. The van der Waals surface area contributed by atoms with Crippen molar-refractivity contribution in [1.29, 1.82) is 0 Å². The molecule has 186 valence electrons. The van der Waals surface area contributed by atoms with Crippen molar-refractivity contribution in [3.05, 3.63) is 94.6 Å². The standard InChI is InChI=1S/C30H31NO5/c1-18(2)17-36-24-12-10-23(11-13-24)31-27(21-8-6-7-19(3)15-21)26(29(33)30(31)34)28(32)22-9-14-25(35-5)20(4)16-22/h6-16,18,27,32H,17H2,1-5H3/b28-26-. The molecule has 6 nitrogen and oxygen atoms in total. The Bertz CT molecular complexity index is 1320. The minimum Gasteiger partial charge on any atom is -0.507 e. The number of Topliss-reactive ketones (excluding diaryl/α,β-unsaturated/α-hetero) is 1. The zero-order valence-corrected chi connectivity index (χ0v) is 21.2. The minimum absolute atomic E-state index is 0.0512. The van der Waals surface area contributed by atoms with Crippen molar-refractivity contribution in [3.8, 4) is 11.5 Å². The van der Waals surface area contributed by atoms with Crippen LogP contribution in [-0.4, -0.2) is 30.5 Å². The number of ether oxygens (including phenoxy) is 2. The second kappa shape index (κ2) is 10.3. The minimum atomic E-state index is -0.783. The molecule has 1 saturated heterocycles. The normalized spacial score (nSPS) is 17.1. The Morgan fingerprint density at radius 1 is 1.00 bits per heavy atom. The number of ketones is 1. The van der Waals surface area contributed by atoms with E-state index in [2.05, 4.69) is 13.8 Å². The third kappa shape index (κ3) is 4.85. The van der Waals surface area contributed by atoms with Gasteiger partial charge in [-0.15, -0.1) is 0 Å². The fraction of sp³-hybridized carbons (Fsp3) is 0.267. The van der Waals surface area contributed by atoms with Crippen LogP contribution in [0.3, 0.4) is 0 Å². The van der Waals surface area contributed by atoms with E-state index >= 15 is 0 Å². The molecule has 4 rings (SSSR count). The molecule has 1 aliphatic rings. The molecule has 6 heteroatoms. The molecule has 1 N–H and O–H groups in total. The van der Waals surface area contributed by atoms with Gasteiger partial charge in [-0.25, -0.2) is 0 Å². The van der Waals surface area contributed by atoms with E-state index in [1.54, 1.807) is 49.6 Å². The van der Waals surface area contributed by atoms with Crippen molar-refractivity contribution in [3.63, 3.8) is 0 Å². The Morgan fingerprint density at radius 2 is 1.72 bits per heavy atom. The van der Waals surface area contributed by atoms with Gasteiger partial charge < -0.3 is 14.6 Å². The van der Waals surface area contributed by atoms with Crippen molar-refractivity contribution < 1.29 is 24.2 Å². The number of hydrogen-bond acceptors (Lipinski definition) is 5. The largest absolute Gasteiger partial charge is 0.507 e. The number of methoxy groups -OCH3 is 1. The number of carbonyl (C=O) groups excluding carboxylic acids is 2. The molecular formula is C30H31NO5. The van der Waals surface area contributed by atoms with E-state index in [0.717, 1.165) is 16.7 Å². The molecular weight excluding hydrogens is 454 g/mol. The average Bonchev–Trinajstić information content (AvgIpc) is 3.13. The van der Waals surface area contributed by atoms with Crippen molar-refractivity contribution >= 4 is 23.1 Å². The number of aryl methyl sites for hydroxylation is 2. The van der Waals surface area contributed by atoms with E-state index in [0.29, 0.717) is 35.3 Å². The summed E-state index contributed by atoms with van der Waals surface area (Å²) in [5, 5.41) is 11.3. The summed E-state index contributed by atoms with van der Waals surface area (Å²) in [4.78, 5) is 28.2. The Labute approximate surface area is 211 Å². The lowest BCUT2D eigenvalue weighted by Crippen LogP contribution is -2.29. The molecule has 1 fully saturated rings. The molecule has 1 aliphatic heterocycles. The van der Waals surface area contributed by atoms with Gasteiger partial charge in [-0.3, -0.25) is 14.5 Å². The Hall–Kier alpha value is -4.06. The Balaban J connectivity index is 1.84. The summed E-state index contributed by atoms with van der Waals surface area (Å²) < 4.78 is 11.1. The maximum Gasteiger partial charge on any atom is 0.300 e. The van der Waals surface area contributed by atoms with Gasteiger partial charge >= 0.3 is 0 Å². The van der Waals surface area contributed by atoms with Crippen LogP contribution in [0.4, 0.5) is 5.69 Å². The lowest BCUT2D eigenvalue weighted by molar-refractivity contribution is -0.132. The lowest BCUT2D eigenvalue weighted by Gasteiger charge is -2.26. The van der Waals surface area contributed by atoms with Gasteiger partial charge in [-0.2, -0.15) is 0 Å². The summed E-state index contributed by atoms with van der Waals surface area (Å²) in [6, 6.07) is 19.1. The highest BCUT2D eigenvalue weighted by atomic mass is 16.5. The molecule has 0 aromatic heterocycles. The Kier molecular flexibility index (Phi) is 7.15. The monoisotopic (exact) mass is 485 g/mol. The van der Waals surface area contributed by atoms with E-state index in [1.165, 1.54) is 4.90 Å². The number of amides is 1. The highest BCUT2D eigenvalue weighted by Gasteiger charge is 2.47. The molecule has 1 atom stereocenters. The second-order valence-corrected chi connectivity index (χ2v) is 9.47. The van der Waals surface area contributed by atoms with Crippen LogP contribution in [0.2, 0.25) is 0 Å². The number of hydrogen-bond donors (Lipinski definition) is 1. The number of benzene rings is 3. The summed E-state index contributed by atoms with van der Waals surface area (Å²) in [6.07, 6.45) is 0. The Morgan fingerprint density at radius 3 is 2.33 bits per heavy atom. The van der Waals surface area contributed by atoms with Crippen LogP contribution in [0.25, 0.3) is 5.76 Å². The number of aliphatic hydroxyl groups is 1. The highest BCUT2D eigenvalue weighted by molar-refractivity contribution is 6.51. The van der Waals surface area contributed by atoms with E-state index in [-0.39, 0.29) is 11.3 Å². The molecule has 0 spiro atoms. The second-order valence-electron chi connectivity index (χ2n) is 9.47. The van der Waals surface area contributed by atoms with Gasteiger partial charge in [-0.05, 0) is 73.4 Å². The zero-order valence-electron chi connectivity index (χ0n) is 21.2. The van der Waals surface area contributed by atoms with Crippen LogP contribution < -0.4 is 14.4 Å². The average molecular weight is 486 g/mol. The molecule has 0 saturated carbocycles. The number of aliphatic hydroxyl groups excluding tert-OH is 1. The van der Waals surface area contributed by atoms with Crippen molar-refractivity contribution in [2.24, 2.45) is 5.92 Å². The first kappa shape index (κ1) is 25.0. The van der Waals surface area contributed by atoms with Crippen LogP contribution in [0.1, 0.15) is 42.1 Å². The topological polar surface area (TPSA) is 76.1 Å². The van der Waals surface area contributed by atoms with Crippen LogP contribution in [0.15, 0.2) is 72.3 Å². The third-order valence-electron chi connectivity index (χ3n) is 6.17. The molecule has 0 bridgehead atoms. The molecule has 0 aliphatic carbocycles. The van der Waals surface area contributed by atoms with Crippen molar-refractivity contribution in [1.82, 2.24) is 0 Å². The summed E-state index contributed by atoms with van der Waals surface area (Å²) in [5.41, 5.74) is 3.57. The van der Waals surface area contributed by atoms with Gasteiger partial charge in [0.2, 0.25) is 0 Å². The van der Waals surface area contributed by atoms with Gasteiger partial charge in [0.25, 0.3) is 11.7 Å². The first-order valence-corrected chi connectivity index (χ1v) is 12.0. The van der Waals surface area contributed by atoms with Gasteiger partial charge in [0.05, 0.1) is 25.3 Å². The van der Waals surface area contributed by atoms with E-state index in [4.69, 9.17) is 9.47 Å². The lowest BCUT2D eigenvalue weighted by atomic mass is 9.94. The molecule has 36 heavy (non-hydrogen) atoms. The van der Waals surface area contributed by atoms with Gasteiger partial charge in [-0.1, -0.05) is 43.7 Å². The maximum atomic E-state index is 13.4. The fourth-order valence-electron chi connectivity index (χ4n) is 4.40. The summed E-state index contributed by atoms with van der Waals surface area (Å²) in [6.45, 7) is 8.52. The molecule has 1 unspecified atom stereocenters. The van der Waals surface area contributed by atoms with Crippen LogP contribution in [-0.2, 0) is 9.59 Å². The number of nitrogens with zero attached hydrogens (tertiary/aromatic N) is 1. The molecule has 1 heterocycles. The summed E-state index contributed by atoms with van der Waals surface area (Å²) in [7, 11) is 1.57. The van der Waals surface area contributed by atoms with Crippen molar-refractivity contribution in [2.75, 3.05) is 18.6 Å². The summed E-state index contributed by atoms with van der Waals surface area (Å²) >= 11 is 0. The van der Waals surface area contributed by atoms with Gasteiger partial charge in [0.1, 0.15) is 17.3 Å². The fourth-order valence-corrected chi connectivity index (χ4v) is 4.40. The van der Waals surface area contributed by atoms with Gasteiger partial charge in [0, 0.05) is 11.3 Å². The zero-order chi connectivity index (χ0) is 26.0. The van der Waals surface area contributed by atoms with Crippen LogP contribution in [0, 0.1) is 19.8 Å². The molecule has 0 radical (unpaired) electrons. The van der Waals surface area contributed by atoms with Crippen molar-refractivity contribution in [2.45, 2.75) is 33.7 Å². The van der Waals surface area contributed by atoms with E-state index < -0.39 is 17.7 Å². The number of carbonyl (C=O) groups is 2.